The Kier molecular flexibility index (Phi) is 6.92. The molecule has 0 unspecified atom stereocenters. The van der Waals surface area contributed by atoms with Crippen LogP contribution in [0.15, 0.2) is 42.5 Å². The van der Waals surface area contributed by atoms with Crippen LogP contribution < -0.4 is 10.1 Å². The van der Waals surface area contributed by atoms with Gasteiger partial charge in [-0.15, -0.1) is 0 Å². The summed E-state index contributed by atoms with van der Waals surface area (Å²) < 4.78 is 10.6. The normalized spacial score (nSPS) is 11.1. The Labute approximate surface area is 160 Å². The van der Waals surface area contributed by atoms with Gasteiger partial charge in [-0.25, -0.2) is 4.79 Å². The minimum absolute atomic E-state index is 0.134. The summed E-state index contributed by atoms with van der Waals surface area (Å²) in [5.41, 5.74) is 2.43. The van der Waals surface area contributed by atoms with Gasteiger partial charge in [0.1, 0.15) is 5.75 Å². The van der Waals surface area contributed by atoms with Crippen molar-refractivity contribution >= 4 is 23.3 Å². The summed E-state index contributed by atoms with van der Waals surface area (Å²) in [6.45, 7) is 7.76. The monoisotopic (exact) mass is 375 g/mol. The predicted molar refractivity (Wildman–Crippen MR) is 107 cm³/mol. The maximum absolute atomic E-state index is 11.8. The molecular formula is C21H26ClNO3. The molecule has 26 heavy (non-hydrogen) atoms. The molecule has 0 atom stereocenters. The zero-order valence-electron chi connectivity index (χ0n) is 15.8. The van der Waals surface area contributed by atoms with Gasteiger partial charge in [-0.1, -0.05) is 50.6 Å². The molecule has 0 saturated heterocycles. The largest absolute Gasteiger partial charge is 0.494 e. The molecule has 0 aliphatic heterocycles. The van der Waals surface area contributed by atoms with Gasteiger partial charge in [0, 0.05) is 6.54 Å². The van der Waals surface area contributed by atoms with Crippen LogP contribution in [0.3, 0.4) is 0 Å². The van der Waals surface area contributed by atoms with Gasteiger partial charge in [-0.2, -0.15) is 0 Å². The number of halogens is 1. The van der Waals surface area contributed by atoms with Crippen LogP contribution in [0.4, 0.5) is 5.69 Å². The number of para-hydroxylation sites is 1. The van der Waals surface area contributed by atoms with Crippen LogP contribution in [-0.4, -0.2) is 26.2 Å². The van der Waals surface area contributed by atoms with E-state index in [4.69, 9.17) is 21.1 Å². The predicted octanol–water partition coefficient (Wildman–Crippen LogP) is 5.31. The topological polar surface area (TPSA) is 47.6 Å². The van der Waals surface area contributed by atoms with E-state index < -0.39 is 5.97 Å². The van der Waals surface area contributed by atoms with Crippen molar-refractivity contribution in [2.45, 2.75) is 32.6 Å². The molecule has 0 radical (unpaired) electrons. The van der Waals surface area contributed by atoms with Crippen LogP contribution in [0, 0.1) is 0 Å². The molecule has 5 heteroatoms. The lowest BCUT2D eigenvalue weighted by Crippen LogP contribution is -2.12. The summed E-state index contributed by atoms with van der Waals surface area (Å²) in [4.78, 5) is 11.8. The van der Waals surface area contributed by atoms with E-state index in [0.29, 0.717) is 29.4 Å². The Morgan fingerprint density at radius 2 is 1.81 bits per heavy atom. The van der Waals surface area contributed by atoms with E-state index in [1.165, 1.54) is 12.7 Å². The molecule has 0 bridgehead atoms. The van der Waals surface area contributed by atoms with Gasteiger partial charge in [0.05, 0.1) is 30.0 Å². The molecule has 0 aromatic heterocycles. The number of nitrogens with one attached hydrogen (secondary N) is 1. The third-order valence-corrected chi connectivity index (χ3v) is 4.35. The van der Waals surface area contributed by atoms with Gasteiger partial charge in [0.2, 0.25) is 0 Å². The van der Waals surface area contributed by atoms with E-state index in [1.54, 1.807) is 18.2 Å². The van der Waals surface area contributed by atoms with Gasteiger partial charge >= 0.3 is 5.97 Å². The van der Waals surface area contributed by atoms with Gasteiger partial charge < -0.3 is 14.8 Å². The van der Waals surface area contributed by atoms with Crippen LogP contribution in [-0.2, 0) is 10.2 Å². The maximum atomic E-state index is 11.8. The second kappa shape index (κ2) is 8.95. The van der Waals surface area contributed by atoms with Crippen molar-refractivity contribution in [2.24, 2.45) is 0 Å². The van der Waals surface area contributed by atoms with Crippen LogP contribution in [0.25, 0.3) is 0 Å². The molecule has 140 valence electrons. The van der Waals surface area contributed by atoms with Crippen LogP contribution in [0.2, 0.25) is 5.02 Å². The molecule has 0 saturated carbocycles. The van der Waals surface area contributed by atoms with Gasteiger partial charge in [-0.3, -0.25) is 0 Å². The lowest BCUT2D eigenvalue weighted by atomic mass is 9.87. The molecule has 2 rings (SSSR count). The number of carbonyl (C=O) groups is 1. The van der Waals surface area contributed by atoms with Crippen molar-refractivity contribution < 1.29 is 14.3 Å². The van der Waals surface area contributed by atoms with Crippen LogP contribution in [0.1, 0.15) is 43.1 Å². The number of methoxy groups -OCH3 is 1. The highest BCUT2D eigenvalue weighted by Crippen LogP contribution is 2.27. The second-order valence-corrected chi connectivity index (χ2v) is 7.46. The molecule has 4 nitrogen and oxygen atoms in total. The highest BCUT2D eigenvalue weighted by atomic mass is 35.5. The zero-order valence-corrected chi connectivity index (χ0v) is 16.5. The first-order valence-electron chi connectivity index (χ1n) is 8.67. The number of esters is 1. The van der Waals surface area contributed by atoms with Crippen molar-refractivity contribution in [3.05, 3.63) is 58.6 Å². The summed E-state index contributed by atoms with van der Waals surface area (Å²) in [6.07, 6.45) is 0.771. The van der Waals surface area contributed by atoms with E-state index in [1.807, 2.05) is 12.1 Å². The number of benzene rings is 2. The van der Waals surface area contributed by atoms with Gasteiger partial charge in [-0.05, 0) is 41.7 Å². The average Bonchev–Trinajstić information content (AvgIpc) is 2.61. The summed E-state index contributed by atoms with van der Waals surface area (Å²) in [6, 6.07) is 13.3. The van der Waals surface area contributed by atoms with Gasteiger partial charge in [0.25, 0.3) is 0 Å². The molecular weight excluding hydrogens is 350 g/mol. The number of hydrogen-bond donors (Lipinski definition) is 1. The molecule has 0 aliphatic rings. The number of hydrogen-bond acceptors (Lipinski definition) is 4. The third-order valence-electron chi connectivity index (χ3n) is 4.03. The van der Waals surface area contributed by atoms with E-state index in [0.717, 1.165) is 12.2 Å². The van der Waals surface area contributed by atoms with Crippen molar-refractivity contribution in [3.8, 4) is 5.75 Å². The molecule has 0 amide bonds. The Morgan fingerprint density at radius 3 is 2.42 bits per heavy atom. The zero-order chi connectivity index (χ0) is 19.2. The summed E-state index contributed by atoms with van der Waals surface area (Å²) >= 11 is 6.19. The molecule has 2 aromatic carbocycles. The molecule has 0 heterocycles. The SMILES string of the molecule is COC(=O)c1cccc(Cl)c1NCCCOc1ccc(C(C)(C)C)cc1. The first kappa shape index (κ1) is 20.1. The average molecular weight is 376 g/mol. The molecule has 2 aromatic rings. The minimum Gasteiger partial charge on any atom is -0.494 e. The van der Waals surface area contributed by atoms with Crippen molar-refractivity contribution in [1.82, 2.24) is 0 Å². The van der Waals surface area contributed by atoms with Crippen LogP contribution in [0.5, 0.6) is 5.75 Å². The standard InChI is InChI=1S/C21H26ClNO3/c1-21(2,3)15-9-11-16(12-10-15)26-14-6-13-23-19-17(20(24)25-4)7-5-8-18(19)22/h5,7-12,23H,6,13-14H2,1-4H3. The van der Waals surface area contributed by atoms with E-state index >= 15 is 0 Å². The Hall–Kier alpha value is -2.20. The smallest absolute Gasteiger partial charge is 0.340 e. The number of rotatable bonds is 7. The highest BCUT2D eigenvalue weighted by molar-refractivity contribution is 6.34. The quantitative estimate of drug-likeness (QED) is 0.526. The molecule has 0 spiro atoms. The molecule has 1 N–H and O–H groups in total. The Morgan fingerprint density at radius 1 is 1.12 bits per heavy atom. The number of carbonyl (C=O) groups excluding carboxylic acids is 1. The summed E-state index contributed by atoms with van der Waals surface area (Å²) in [7, 11) is 1.35. The Bertz CT molecular complexity index is 736. The fraction of sp³-hybridized carbons (Fsp3) is 0.381. The lowest BCUT2D eigenvalue weighted by molar-refractivity contribution is 0.0602. The summed E-state index contributed by atoms with van der Waals surface area (Å²) in [5, 5.41) is 3.69. The fourth-order valence-corrected chi connectivity index (χ4v) is 2.75. The minimum atomic E-state index is -0.412. The highest BCUT2D eigenvalue weighted by Gasteiger charge is 2.14. The van der Waals surface area contributed by atoms with E-state index in [9.17, 15) is 4.79 Å². The Balaban J connectivity index is 1.84. The number of anilines is 1. The maximum Gasteiger partial charge on any atom is 0.340 e. The fourth-order valence-electron chi connectivity index (χ4n) is 2.51. The van der Waals surface area contributed by atoms with E-state index in [-0.39, 0.29) is 5.41 Å². The summed E-state index contributed by atoms with van der Waals surface area (Å²) in [5.74, 6) is 0.441. The van der Waals surface area contributed by atoms with Crippen molar-refractivity contribution in [2.75, 3.05) is 25.6 Å². The first-order valence-corrected chi connectivity index (χ1v) is 9.05. The van der Waals surface area contributed by atoms with Crippen LogP contribution >= 0.6 is 11.6 Å². The molecule has 0 fully saturated rings. The second-order valence-electron chi connectivity index (χ2n) is 7.06. The van der Waals surface area contributed by atoms with Crippen molar-refractivity contribution in [1.29, 1.82) is 0 Å². The first-order chi connectivity index (χ1) is 12.3. The lowest BCUT2D eigenvalue weighted by Gasteiger charge is -2.19. The third kappa shape index (κ3) is 5.40. The van der Waals surface area contributed by atoms with E-state index in [2.05, 4.69) is 38.2 Å². The van der Waals surface area contributed by atoms with Gasteiger partial charge in [0.15, 0.2) is 0 Å². The number of ether oxygens (including phenoxy) is 2. The van der Waals surface area contributed by atoms with Crippen molar-refractivity contribution in [3.63, 3.8) is 0 Å². The molecule has 0 aliphatic carbocycles.